The molecule has 23 heavy (non-hydrogen) atoms. The molecule has 0 heterocycles. The van der Waals surface area contributed by atoms with Gasteiger partial charge in [-0.15, -0.1) is 0 Å². The zero-order chi connectivity index (χ0) is 17.2. The van der Waals surface area contributed by atoms with Crippen molar-refractivity contribution in [3.05, 3.63) is 29.3 Å². The van der Waals surface area contributed by atoms with Gasteiger partial charge in [0.25, 0.3) is 0 Å². The second kappa shape index (κ2) is 6.59. The molecular formula is C16H18F3N3O. The number of likely N-dealkylation sites (N-methyl/N-ethyl adjacent to an activating group) is 1. The number of nitrogens with one attached hydrogen (secondary N) is 1. The fourth-order valence-electron chi connectivity index (χ4n) is 2.24. The largest absolute Gasteiger partial charge is 0.417 e. The number of carbonyl (C=O) groups excluding carboxylic acids is 1. The third-order valence-electron chi connectivity index (χ3n) is 3.93. The number of benzene rings is 1. The molecule has 1 aliphatic carbocycles. The van der Waals surface area contributed by atoms with Crippen LogP contribution < -0.4 is 10.2 Å². The number of hydrogen-bond donors (Lipinski definition) is 1. The highest BCUT2D eigenvalue weighted by molar-refractivity contribution is 5.96. The van der Waals surface area contributed by atoms with Crippen LogP contribution in [0, 0.1) is 17.2 Å². The van der Waals surface area contributed by atoms with E-state index in [9.17, 15) is 18.0 Å². The van der Waals surface area contributed by atoms with Gasteiger partial charge >= 0.3 is 6.18 Å². The molecule has 0 saturated heterocycles. The van der Waals surface area contributed by atoms with E-state index in [0.29, 0.717) is 5.92 Å². The highest BCUT2D eigenvalue weighted by Gasteiger charge is 2.34. The van der Waals surface area contributed by atoms with Crippen molar-refractivity contribution >= 4 is 11.6 Å². The van der Waals surface area contributed by atoms with Gasteiger partial charge in [-0.1, -0.05) is 0 Å². The predicted molar refractivity (Wildman–Crippen MR) is 79.8 cm³/mol. The quantitative estimate of drug-likeness (QED) is 0.905. The molecule has 1 atom stereocenters. The summed E-state index contributed by atoms with van der Waals surface area (Å²) in [5, 5.41) is 11.9. The molecule has 1 fully saturated rings. The molecule has 0 aliphatic heterocycles. The van der Waals surface area contributed by atoms with Gasteiger partial charge in [-0.3, -0.25) is 4.79 Å². The average Bonchev–Trinajstić information content (AvgIpc) is 3.33. The van der Waals surface area contributed by atoms with Crippen LogP contribution in [0.1, 0.15) is 30.9 Å². The lowest BCUT2D eigenvalue weighted by Gasteiger charge is -2.23. The first-order valence-electron chi connectivity index (χ1n) is 7.36. The second-order valence-electron chi connectivity index (χ2n) is 5.81. The lowest BCUT2D eigenvalue weighted by Crippen LogP contribution is -2.44. The summed E-state index contributed by atoms with van der Waals surface area (Å²) in [6.45, 7) is 2.43. The molecule has 0 spiro atoms. The normalized spacial score (nSPS) is 15.8. The van der Waals surface area contributed by atoms with Crippen LogP contribution in [-0.4, -0.2) is 25.5 Å². The van der Waals surface area contributed by atoms with Crippen LogP contribution in [0.15, 0.2) is 18.2 Å². The van der Waals surface area contributed by atoms with Crippen molar-refractivity contribution in [3.8, 4) is 6.07 Å². The first kappa shape index (κ1) is 17.3. The van der Waals surface area contributed by atoms with E-state index in [1.165, 1.54) is 24.1 Å². The third kappa shape index (κ3) is 4.23. The molecule has 2 rings (SSSR count). The highest BCUT2D eigenvalue weighted by Crippen LogP contribution is 2.34. The van der Waals surface area contributed by atoms with Crippen molar-refractivity contribution in [2.45, 2.75) is 32.0 Å². The molecule has 1 aliphatic rings. The van der Waals surface area contributed by atoms with Crippen molar-refractivity contribution in [3.63, 3.8) is 0 Å². The molecule has 0 aromatic heterocycles. The summed E-state index contributed by atoms with van der Waals surface area (Å²) < 4.78 is 39.0. The smallest absolute Gasteiger partial charge is 0.314 e. The Bertz CT molecular complexity index is 632. The number of hydrogen-bond acceptors (Lipinski definition) is 3. The number of carbonyl (C=O) groups is 1. The summed E-state index contributed by atoms with van der Waals surface area (Å²) >= 11 is 0. The van der Waals surface area contributed by atoms with E-state index in [1.807, 2.05) is 0 Å². The van der Waals surface area contributed by atoms with E-state index < -0.39 is 23.3 Å². The molecule has 1 amide bonds. The fraction of sp³-hybridized carbons (Fsp3) is 0.500. The zero-order valence-electron chi connectivity index (χ0n) is 12.9. The van der Waals surface area contributed by atoms with Gasteiger partial charge in [0, 0.05) is 12.7 Å². The van der Waals surface area contributed by atoms with Crippen LogP contribution in [-0.2, 0) is 11.0 Å². The molecular weight excluding hydrogens is 307 g/mol. The Morgan fingerprint density at radius 2 is 2.13 bits per heavy atom. The summed E-state index contributed by atoms with van der Waals surface area (Å²) in [5.74, 6) is 0.283. The minimum atomic E-state index is -4.64. The van der Waals surface area contributed by atoms with Crippen molar-refractivity contribution < 1.29 is 18.0 Å². The van der Waals surface area contributed by atoms with Gasteiger partial charge in [-0.05, 0) is 50.4 Å². The monoisotopic (exact) mass is 325 g/mol. The lowest BCUT2D eigenvalue weighted by molar-refractivity contribution is -0.137. The van der Waals surface area contributed by atoms with Crippen LogP contribution in [0.2, 0.25) is 0 Å². The highest BCUT2D eigenvalue weighted by atomic mass is 19.4. The molecule has 1 saturated carbocycles. The van der Waals surface area contributed by atoms with Crippen LogP contribution in [0.4, 0.5) is 18.9 Å². The number of nitrogens with zero attached hydrogens (tertiary/aromatic N) is 2. The molecule has 1 aromatic carbocycles. The summed E-state index contributed by atoms with van der Waals surface area (Å²) in [6, 6.07) is 4.31. The summed E-state index contributed by atoms with van der Waals surface area (Å²) in [5.41, 5.74) is -1.38. The Kier molecular flexibility index (Phi) is 4.95. The van der Waals surface area contributed by atoms with E-state index in [4.69, 9.17) is 5.26 Å². The Morgan fingerprint density at radius 1 is 1.48 bits per heavy atom. The predicted octanol–water partition coefficient (Wildman–Crippen LogP) is 2.93. The topological polar surface area (TPSA) is 56.1 Å². The first-order chi connectivity index (χ1) is 10.7. The number of amides is 1. The number of halogens is 3. The summed E-state index contributed by atoms with van der Waals surface area (Å²) in [7, 11) is 1.43. The second-order valence-corrected chi connectivity index (χ2v) is 5.81. The fourth-order valence-corrected chi connectivity index (χ4v) is 2.24. The number of rotatable bonds is 5. The van der Waals surface area contributed by atoms with Crippen LogP contribution in [0.3, 0.4) is 0 Å². The maximum Gasteiger partial charge on any atom is 0.417 e. The Labute approximate surface area is 132 Å². The molecule has 7 heteroatoms. The Hall–Kier alpha value is -2.07. The first-order valence-corrected chi connectivity index (χ1v) is 7.36. The minimum Gasteiger partial charge on any atom is -0.314 e. The maximum absolute atomic E-state index is 13.0. The van der Waals surface area contributed by atoms with Gasteiger partial charge in [0.1, 0.15) is 0 Å². The van der Waals surface area contributed by atoms with Crippen molar-refractivity contribution in [1.29, 1.82) is 5.26 Å². The lowest BCUT2D eigenvalue weighted by atomic mass is 10.1. The molecule has 1 N–H and O–H groups in total. The van der Waals surface area contributed by atoms with E-state index in [1.54, 1.807) is 6.92 Å². The van der Waals surface area contributed by atoms with Gasteiger partial charge in [-0.2, -0.15) is 18.4 Å². The van der Waals surface area contributed by atoms with Crippen molar-refractivity contribution in [2.24, 2.45) is 5.92 Å². The van der Waals surface area contributed by atoms with E-state index >= 15 is 0 Å². The molecule has 0 radical (unpaired) electrons. The van der Waals surface area contributed by atoms with Gasteiger partial charge in [0.15, 0.2) is 0 Å². The number of alkyl halides is 3. The molecule has 124 valence electrons. The van der Waals surface area contributed by atoms with Crippen molar-refractivity contribution in [2.75, 3.05) is 18.5 Å². The third-order valence-corrected chi connectivity index (χ3v) is 3.93. The molecule has 0 unspecified atom stereocenters. The molecule has 1 aromatic rings. The van der Waals surface area contributed by atoms with Gasteiger partial charge in [-0.25, -0.2) is 0 Å². The molecule has 0 bridgehead atoms. The maximum atomic E-state index is 13.0. The van der Waals surface area contributed by atoms with Crippen LogP contribution >= 0.6 is 0 Å². The standard InChI is InChI=1S/C16H18F3N3O/c1-10(21-9-11-3-4-11)15(23)22(2)13-6-5-12(8-20)14(7-13)16(17,18)19/h5-7,10-11,21H,3-4,9H2,1-2H3/t10-/m0/s1. The number of nitriles is 1. The summed E-state index contributed by atoms with van der Waals surface area (Å²) in [4.78, 5) is 13.5. The average molecular weight is 325 g/mol. The molecule has 4 nitrogen and oxygen atoms in total. The Balaban J connectivity index is 2.16. The zero-order valence-corrected chi connectivity index (χ0v) is 12.9. The van der Waals surface area contributed by atoms with Crippen molar-refractivity contribution in [1.82, 2.24) is 5.32 Å². The summed E-state index contributed by atoms with van der Waals surface area (Å²) in [6.07, 6.45) is -2.34. The van der Waals surface area contributed by atoms with Crippen LogP contribution in [0.5, 0.6) is 0 Å². The van der Waals surface area contributed by atoms with Gasteiger partial charge in [0.05, 0.1) is 23.2 Å². The van der Waals surface area contributed by atoms with E-state index in [-0.39, 0.29) is 11.6 Å². The van der Waals surface area contributed by atoms with Crippen LogP contribution in [0.25, 0.3) is 0 Å². The van der Waals surface area contributed by atoms with Gasteiger partial charge in [0.2, 0.25) is 5.91 Å². The Morgan fingerprint density at radius 3 is 2.65 bits per heavy atom. The number of anilines is 1. The van der Waals surface area contributed by atoms with E-state index in [0.717, 1.165) is 31.5 Å². The van der Waals surface area contributed by atoms with Gasteiger partial charge < -0.3 is 10.2 Å². The SMILES string of the molecule is C[C@H](NCC1CC1)C(=O)N(C)c1ccc(C#N)c(C(F)(F)F)c1. The van der Waals surface area contributed by atoms with E-state index in [2.05, 4.69) is 5.32 Å². The minimum absolute atomic E-state index is 0.112.